The number of hydrogen-bond acceptors (Lipinski definition) is 6. The van der Waals surface area contributed by atoms with Gasteiger partial charge in [0, 0.05) is 6.54 Å². The van der Waals surface area contributed by atoms with Gasteiger partial charge in [0.15, 0.2) is 4.80 Å². The monoisotopic (exact) mass is 515 g/mol. The molecule has 3 aromatic rings. The Morgan fingerprint density at radius 1 is 1.14 bits per heavy atom. The lowest BCUT2D eigenvalue weighted by Crippen LogP contribution is -2.40. The molecule has 186 valence electrons. The van der Waals surface area contributed by atoms with Gasteiger partial charge in [-0.15, -0.1) is 0 Å². The van der Waals surface area contributed by atoms with Crippen molar-refractivity contribution in [2.24, 2.45) is 4.99 Å². The minimum atomic E-state index is -3.84. The maximum absolute atomic E-state index is 13.3. The van der Waals surface area contributed by atoms with Crippen molar-refractivity contribution < 1.29 is 22.7 Å². The Hall–Kier alpha value is -2.82. The number of fused-ring (bicyclic) bond motifs is 1. The maximum Gasteiger partial charge on any atom is 0.326 e. The molecule has 1 amide bonds. The average Bonchev–Trinajstić information content (AvgIpc) is 3.45. The zero-order chi connectivity index (χ0) is 25.2. The van der Waals surface area contributed by atoms with Gasteiger partial charge < -0.3 is 9.30 Å². The van der Waals surface area contributed by atoms with Crippen LogP contribution in [0.4, 0.5) is 0 Å². The number of carbonyl (C=O) groups excluding carboxylic acids is 2. The SMILES string of the molecule is CCOC(=O)Cn1c(=NC(=O)C2CCCN2S(=O)(=O)c2ccc(C)cc2)sc2cc(CC)ccc21. The van der Waals surface area contributed by atoms with Gasteiger partial charge in [0.05, 0.1) is 21.7 Å². The van der Waals surface area contributed by atoms with Crippen molar-refractivity contribution in [1.82, 2.24) is 8.87 Å². The number of ether oxygens (including phenoxy) is 1. The van der Waals surface area contributed by atoms with E-state index in [0.717, 1.165) is 27.8 Å². The number of amides is 1. The molecular formula is C25H29N3O5S2. The third-order valence-corrected chi connectivity index (χ3v) is 9.03. The molecule has 35 heavy (non-hydrogen) atoms. The van der Waals surface area contributed by atoms with E-state index in [0.29, 0.717) is 17.6 Å². The highest BCUT2D eigenvalue weighted by Gasteiger charge is 2.39. The summed E-state index contributed by atoms with van der Waals surface area (Å²) >= 11 is 1.31. The molecule has 0 saturated carbocycles. The van der Waals surface area contributed by atoms with Gasteiger partial charge in [-0.25, -0.2) is 8.42 Å². The van der Waals surface area contributed by atoms with Crippen molar-refractivity contribution >= 4 is 43.5 Å². The largest absolute Gasteiger partial charge is 0.465 e. The van der Waals surface area contributed by atoms with Crippen molar-refractivity contribution in [3.8, 4) is 0 Å². The van der Waals surface area contributed by atoms with Crippen molar-refractivity contribution in [1.29, 1.82) is 0 Å². The molecule has 4 rings (SSSR count). The van der Waals surface area contributed by atoms with E-state index in [2.05, 4.69) is 11.9 Å². The lowest BCUT2D eigenvalue weighted by atomic mass is 10.2. The van der Waals surface area contributed by atoms with Crippen LogP contribution >= 0.6 is 11.3 Å². The molecule has 10 heteroatoms. The summed E-state index contributed by atoms with van der Waals surface area (Å²) in [6.07, 6.45) is 1.83. The standard InChI is InChI=1S/C25H29N3O5S2/c1-4-18-10-13-20-22(15-18)34-25(27(20)16-23(29)33-5-2)26-24(30)21-7-6-14-28(21)35(31,32)19-11-8-17(3)9-12-19/h8-13,15,21H,4-7,14,16H2,1-3H3. The number of esters is 1. The van der Waals surface area contributed by atoms with Crippen LogP contribution in [0.25, 0.3) is 10.2 Å². The van der Waals surface area contributed by atoms with Crippen molar-refractivity contribution in [2.45, 2.75) is 57.5 Å². The molecule has 2 aromatic carbocycles. The fourth-order valence-electron chi connectivity index (χ4n) is 4.20. The number of carbonyl (C=O) groups is 2. The summed E-state index contributed by atoms with van der Waals surface area (Å²) in [5, 5.41) is 0. The lowest BCUT2D eigenvalue weighted by molar-refractivity contribution is -0.143. The fourth-order valence-corrected chi connectivity index (χ4v) is 6.95. The van der Waals surface area contributed by atoms with Crippen LogP contribution in [0.3, 0.4) is 0 Å². The van der Waals surface area contributed by atoms with Gasteiger partial charge in [-0.2, -0.15) is 9.30 Å². The summed E-state index contributed by atoms with van der Waals surface area (Å²) in [7, 11) is -3.84. The molecule has 1 aliphatic rings. The number of rotatable bonds is 7. The third kappa shape index (κ3) is 5.24. The van der Waals surface area contributed by atoms with Crippen LogP contribution in [0.5, 0.6) is 0 Å². The van der Waals surface area contributed by atoms with Gasteiger partial charge in [-0.3, -0.25) is 9.59 Å². The number of sulfonamides is 1. The molecule has 0 N–H and O–H groups in total. The van der Waals surface area contributed by atoms with Crippen molar-refractivity contribution in [3.63, 3.8) is 0 Å². The third-order valence-electron chi connectivity index (χ3n) is 6.07. The Morgan fingerprint density at radius 3 is 2.57 bits per heavy atom. The molecule has 8 nitrogen and oxygen atoms in total. The van der Waals surface area contributed by atoms with Crippen molar-refractivity contribution in [2.75, 3.05) is 13.2 Å². The van der Waals surface area contributed by atoms with E-state index in [1.165, 1.54) is 15.6 Å². The molecule has 1 atom stereocenters. The summed E-state index contributed by atoms with van der Waals surface area (Å²) in [4.78, 5) is 30.5. The Bertz CT molecular complexity index is 1420. The van der Waals surface area contributed by atoms with Crippen LogP contribution in [0.2, 0.25) is 0 Å². The van der Waals surface area contributed by atoms with Crippen LogP contribution in [0, 0.1) is 6.92 Å². The first-order valence-corrected chi connectivity index (χ1v) is 13.9. The molecule has 0 radical (unpaired) electrons. The fraction of sp³-hybridized carbons (Fsp3) is 0.400. The van der Waals surface area contributed by atoms with Gasteiger partial charge >= 0.3 is 5.97 Å². The van der Waals surface area contributed by atoms with E-state index < -0.39 is 27.9 Å². The smallest absolute Gasteiger partial charge is 0.326 e. The maximum atomic E-state index is 13.3. The first kappa shape index (κ1) is 25.3. The number of nitrogens with zero attached hydrogens (tertiary/aromatic N) is 3. The minimum absolute atomic E-state index is 0.0819. The van der Waals surface area contributed by atoms with Crippen LogP contribution in [0.15, 0.2) is 52.4 Å². The van der Waals surface area contributed by atoms with E-state index >= 15 is 0 Å². The Morgan fingerprint density at radius 2 is 1.89 bits per heavy atom. The number of aromatic nitrogens is 1. The topological polar surface area (TPSA) is 98.0 Å². The van der Waals surface area contributed by atoms with E-state index in [1.54, 1.807) is 35.8 Å². The summed E-state index contributed by atoms with van der Waals surface area (Å²) in [5.41, 5.74) is 2.86. The first-order valence-electron chi connectivity index (χ1n) is 11.7. The first-order chi connectivity index (χ1) is 16.7. The summed E-state index contributed by atoms with van der Waals surface area (Å²) in [5.74, 6) is -0.955. The number of hydrogen-bond donors (Lipinski definition) is 0. The van der Waals surface area contributed by atoms with E-state index in [-0.39, 0.29) is 24.6 Å². The second-order valence-electron chi connectivity index (χ2n) is 8.47. The van der Waals surface area contributed by atoms with E-state index in [9.17, 15) is 18.0 Å². The predicted octanol–water partition coefficient (Wildman–Crippen LogP) is 3.42. The zero-order valence-corrected chi connectivity index (χ0v) is 21.7. The van der Waals surface area contributed by atoms with E-state index in [4.69, 9.17) is 4.74 Å². The molecule has 1 saturated heterocycles. The summed E-state index contributed by atoms with van der Waals surface area (Å²) in [6.45, 7) is 6.11. The molecule has 0 bridgehead atoms. The van der Waals surface area contributed by atoms with Crippen molar-refractivity contribution in [3.05, 3.63) is 58.4 Å². The van der Waals surface area contributed by atoms with Gasteiger partial charge in [0.2, 0.25) is 10.0 Å². The highest BCUT2D eigenvalue weighted by molar-refractivity contribution is 7.89. The second kappa shape index (κ2) is 10.4. The summed E-state index contributed by atoms with van der Waals surface area (Å²) < 4.78 is 35.5. The Labute approximate surface area is 208 Å². The molecular weight excluding hydrogens is 486 g/mol. The van der Waals surface area contributed by atoms with Crippen LogP contribution < -0.4 is 4.80 Å². The number of aryl methyl sites for hydroxylation is 2. The number of benzene rings is 2. The van der Waals surface area contributed by atoms with Crippen LogP contribution in [-0.2, 0) is 37.3 Å². The molecule has 1 aliphatic heterocycles. The lowest BCUT2D eigenvalue weighted by Gasteiger charge is -2.21. The molecule has 1 fully saturated rings. The minimum Gasteiger partial charge on any atom is -0.465 e. The van der Waals surface area contributed by atoms with Gasteiger partial charge in [0.1, 0.15) is 12.6 Å². The molecule has 1 unspecified atom stereocenters. The van der Waals surface area contributed by atoms with E-state index in [1.807, 2.05) is 25.1 Å². The molecule has 0 aliphatic carbocycles. The quantitative estimate of drug-likeness (QED) is 0.449. The van der Waals surface area contributed by atoms with Crippen LogP contribution in [-0.4, -0.2) is 48.4 Å². The average molecular weight is 516 g/mol. The van der Waals surface area contributed by atoms with Gasteiger partial charge in [-0.05, 0) is 62.9 Å². The Kier molecular flexibility index (Phi) is 7.53. The highest BCUT2D eigenvalue weighted by Crippen LogP contribution is 2.27. The molecule has 2 heterocycles. The Balaban J connectivity index is 1.73. The predicted molar refractivity (Wildman–Crippen MR) is 134 cm³/mol. The molecule has 1 aromatic heterocycles. The van der Waals surface area contributed by atoms with Gasteiger partial charge in [0.25, 0.3) is 5.91 Å². The highest BCUT2D eigenvalue weighted by atomic mass is 32.2. The summed E-state index contributed by atoms with van der Waals surface area (Å²) in [6, 6.07) is 11.6. The number of thiazole rings is 1. The zero-order valence-electron chi connectivity index (χ0n) is 20.1. The van der Waals surface area contributed by atoms with Gasteiger partial charge in [-0.1, -0.05) is 42.0 Å². The van der Waals surface area contributed by atoms with Crippen LogP contribution in [0.1, 0.15) is 37.8 Å². The normalized spacial score (nSPS) is 17.2. The molecule has 0 spiro atoms. The second-order valence-corrected chi connectivity index (χ2v) is 11.4.